The summed E-state index contributed by atoms with van der Waals surface area (Å²) < 4.78 is 19.8. The van der Waals surface area contributed by atoms with Gasteiger partial charge in [0.1, 0.15) is 17.5 Å². The number of piperazine rings is 1. The minimum absolute atomic E-state index is 0.202. The molecule has 31 heavy (non-hydrogen) atoms. The van der Waals surface area contributed by atoms with E-state index >= 15 is 0 Å². The van der Waals surface area contributed by atoms with Gasteiger partial charge in [-0.15, -0.1) is 0 Å². The molecule has 0 spiro atoms. The highest BCUT2D eigenvalue weighted by molar-refractivity contribution is 5.51. The number of anilines is 1. The number of β-amino-alcohol motifs (C(OH)–C–C–N with tert-alkyl or cyclic N) is 1. The lowest BCUT2D eigenvalue weighted by Gasteiger charge is -2.37. The first-order valence-electron chi connectivity index (χ1n) is 11.1. The summed E-state index contributed by atoms with van der Waals surface area (Å²) in [5, 5.41) is 10.3. The number of halogens is 1. The molecule has 3 rings (SSSR count). The van der Waals surface area contributed by atoms with Gasteiger partial charge in [0.25, 0.3) is 0 Å². The Bertz CT molecular complexity index is 853. The zero-order valence-corrected chi connectivity index (χ0v) is 19.1. The molecule has 2 heterocycles. The number of rotatable bonds is 9. The van der Waals surface area contributed by atoms with Gasteiger partial charge in [0.05, 0.1) is 12.7 Å². The van der Waals surface area contributed by atoms with Crippen LogP contribution in [0.25, 0.3) is 0 Å². The fourth-order valence-corrected chi connectivity index (χ4v) is 3.95. The highest BCUT2D eigenvalue weighted by Gasteiger charge is 2.24. The van der Waals surface area contributed by atoms with Crippen molar-refractivity contribution < 1.29 is 14.2 Å². The Morgan fingerprint density at radius 2 is 1.77 bits per heavy atom. The van der Waals surface area contributed by atoms with Crippen LogP contribution in [0.3, 0.4) is 0 Å². The predicted octanol–water partition coefficient (Wildman–Crippen LogP) is 2.98. The molecule has 0 amide bonds. The molecule has 0 bridgehead atoms. The first-order valence-corrected chi connectivity index (χ1v) is 11.1. The van der Waals surface area contributed by atoms with Crippen LogP contribution in [0.15, 0.2) is 24.3 Å². The number of aromatic nitrogens is 2. The quantitative estimate of drug-likeness (QED) is 0.660. The second-order valence-corrected chi connectivity index (χ2v) is 8.80. The van der Waals surface area contributed by atoms with E-state index in [1.54, 1.807) is 6.07 Å². The van der Waals surface area contributed by atoms with E-state index in [1.165, 1.54) is 6.07 Å². The van der Waals surface area contributed by atoms with Gasteiger partial charge in [0.2, 0.25) is 0 Å². The second-order valence-electron chi connectivity index (χ2n) is 8.80. The lowest BCUT2D eigenvalue weighted by molar-refractivity contribution is 0.00745. The Kier molecular flexibility index (Phi) is 8.35. The maximum absolute atomic E-state index is 14.3. The van der Waals surface area contributed by atoms with Gasteiger partial charge in [0.15, 0.2) is 0 Å². The SMILES string of the molecule is Cc1nc(C)c(Cc2ccccc2F)c(N2CCN(C[C@@H](O)COCC(C)C)CC2)n1. The van der Waals surface area contributed by atoms with Gasteiger partial charge in [-0.3, -0.25) is 4.90 Å². The van der Waals surface area contributed by atoms with E-state index in [0.717, 1.165) is 49.1 Å². The van der Waals surface area contributed by atoms with Crippen LogP contribution < -0.4 is 4.90 Å². The number of nitrogens with zero attached hydrogens (tertiary/aromatic N) is 4. The Morgan fingerprint density at radius 3 is 2.45 bits per heavy atom. The van der Waals surface area contributed by atoms with Gasteiger partial charge in [-0.05, 0) is 31.4 Å². The van der Waals surface area contributed by atoms with Crippen molar-refractivity contribution >= 4 is 5.82 Å². The number of ether oxygens (including phenoxy) is 1. The third-order valence-corrected chi connectivity index (χ3v) is 5.53. The normalized spacial score (nSPS) is 16.2. The summed E-state index contributed by atoms with van der Waals surface area (Å²) in [5.41, 5.74) is 2.53. The van der Waals surface area contributed by atoms with Crippen LogP contribution in [-0.4, -0.2) is 72.0 Å². The Hall–Kier alpha value is -2.09. The number of aryl methyl sites for hydroxylation is 2. The molecule has 0 saturated carbocycles. The summed E-state index contributed by atoms with van der Waals surface area (Å²) in [7, 11) is 0. The largest absolute Gasteiger partial charge is 0.389 e. The molecular formula is C24H35FN4O2. The first kappa shape index (κ1) is 23.6. The smallest absolute Gasteiger partial charge is 0.136 e. The standard InChI is InChI=1S/C24H35FN4O2/c1-17(2)15-31-16-21(30)14-28-9-11-29(12-10-28)24-22(18(3)26-19(4)27-24)13-20-7-5-6-8-23(20)25/h5-8,17,21,30H,9-16H2,1-4H3/t21-/m1/s1. The van der Waals surface area contributed by atoms with Crippen LogP contribution in [0.1, 0.15) is 36.5 Å². The van der Waals surface area contributed by atoms with Crippen LogP contribution in [0, 0.1) is 25.6 Å². The van der Waals surface area contributed by atoms with Crippen LogP contribution >= 0.6 is 0 Å². The summed E-state index contributed by atoms with van der Waals surface area (Å²) in [6.07, 6.45) is -0.00860. The number of hydrogen-bond donors (Lipinski definition) is 1. The van der Waals surface area contributed by atoms with E-state index in [9.17, 15) is 9.50 Å². The van der Waals surface area contributed by atoms with Gasteiger partial charge in [0, 0.05) is 57.0 Å². The fourth-order valence-electron chi connectivity index (χ4n) is 3.95. The number of hydrogen-bond acceptors (Lipinski definition) is 6. The van der Waals surface area contributed by atoms with Crippen molar-refractivity contribution in [3.63, 3.8) is 0 Å². The van der Waals surface area contributed by atoms with E-state index in [2.05, 4.69) is 28.6 Å². The minimum Gasteiger partial charge on any atom is -0.389 e. The average Bonchev–Trinajstić information content (AvgIpc) is 2.71. The summed E-state index contributed by atoms with van der Waals surface area (Å²) in [4.78, 5) is 13.8. The molecule has 0 radical (unpaired) electrons. The third kappa shape index (κ3) is 6.69. The molecule has 170 valence electrons. The third-order valence-electron chi connectivity index (χ3n) is 5.53. The molecule has 1 fully saturated rings. The van der Waals surface area contributed by atoms with Crippen LogP contribution in [0.2, 0.25) is 0 Å². The fraction of sp³-hybridized carbons (Fsp3) is 0.583. The summed E-state index contributed by atoms with van der Waals surface area (Å²) in [5.74, 6) is 1.89. The van der Waals surface area contributed by atoms with Gasteiger partial charge >= 0.3 is 0 Å². The van der Waals surface area contributed by atoms with E-state index < -0.39 is 6.10 Å². The lowest BCUT2D eigenvalue weighted by Crippen LogP contribution is -2.49. The lowest BCUT2D eigenvalue weighted by atomic mass is 10.0. The molecule has 0 unspecified atom stereocenters. The van der Waals surface area contributed by atoms with E-state index in [0.29, 0.717) is 37.7 Å². The maximum Gasteiger partial charge on any atom is 0.136 e. The summed E-state index contributed by atoms with van der Waals surface area (Å²) in [6.45, 7) is 13.0. The summed E-state index contributed by atoms with van der Waals surface area (Å²) in [6, 6.07) is 6.88. The van der Waals surface area contributed by atoms with Crippen molar-refractivity contribution in [3.8, 4) is 0 Å². The molecule has 1 aliphatic heterocycles. The van der Waals surface area contributed by atoms with Crippen molar-refractivity contribution in [1.29, 1.82) is 0 Å². The van der Waals surface area contributed by atoms with E-state index in [1.807, 2.05) is 26.0 Å². The molecule has 1 aromatic carbocycles. The van der Waals surface area contributed by atoms with Crippen molar-refractivity contribution in [2.24, 2.45) is 5.92 Å². The molecule has 2 aromatic rings. The average molecular weight is 431 g/mol. The molecule has 0 aliphatic carbocycles. The highest BCUT2D eigenvalue weighted by Crippen LogP contribution is 2.26. The van der Waals surface area contributed by atoms with Crippen molar-refractivity contribution in [2.75, 3.05) is 50.8 Å². The Labute approximate surface area is 185 Å². The van der Waals surface area contributed by atoms with Gasteiger partial charge in [-0.25, -0.2) is 14.4 Å². The minimum atomic E-state index is -0.481. The number of benzene rings is 1. The Morgan fingerprint density at radius 1 is 1.06 bits per heavy atom. The van der Waals surface area contributed by atoms with Crippen LogP contribution in [0.4, 0.5) is 10.2 Å². The molecule has 6 nitrogen and oxygen atoms in total. The highest BCUT2D eigenvalue weighted by atomic mass is 19.1. The number of aliphatic hydroxyl groups is 1. The molecule has 1 aromatic heterocycles. The van der Waals surface area contributed by atoms with Crippen LogP contribution in [0.5, 0.6) is 0 Å². The zero-order chi connectivity index (χ0) is 22.4. The van der Waals surface area contributed by atoms with E-state index in [4.69, 9.17) is 9.72 Å². The molecule has 1 saturated heterocycles. The van der Waals surface area contributed by atoms with Gasteiger partial charge in [-0.2, -0.15) is 0 Å². The maximum atomic E-state index is 14.3. The van der Waals surface area contributed by atoms with E-state index in [-0.39, 0.29) is 5.82 Å². The topological polar surface area (TPSA) is 61.7 Å². The predicted molar refractivity (Wildman–Crippen MR) is 121 cm³/mol. The zero-order valence-electron chi connectivity index (χ0n) is 19.1. The molecule has 1 atom stereocenters. The van der Waals surface area contributed by atoms with Gasteiger partial charge in [-0.1, -0.05) is 32.0 Å². The monoisotopic (exact) mass is 430 g/mol. The molecule has 7 heteroatoms. The second kappa shape index (κ2) is 11.0. The molecule has 1 N–H and O–H groups in total. The number of aliphatic hydroxyl groups excluding tert-OH is 1. The van der Waals surface area contributed by atoms with Crippen molar-refractivity contribution in [2.45, 2.75) is 40.2 Å². The van der Waals surface area contributed by atoms with Gasteiger partial charge < -0.3 is 14.7 Å². The molecular weight excluding hydrogens is 395 g/mol. The van der Waals surface area contributed by atoms with Crippen LogP contribution in [-0.2, 0) is 11.2 Å². The first-order chi connectivity index (χ1) is 14.8. The summed E-state index contributed by atoms with van der Waals surface area (Å²) >= 11 is 0. The Balaban J connectivity index is 1.64. The molecule has 1 aliphatic rings. The van der Waals surface area contributed by atoms with Crippen molar-refractivity contribution in [1.82, 2.24) is 14.9 Å². The van der Waals surface area contributed by atoms with Crippen molar-refractivity contribution in [3.05, 3.63) is 52.7 Å².